The molecule has 0 atom stereocenters. The van der Waals surface area contributed by atoms with Crippen LogP contribution in [0.4, 0.5) is 0 Å². The number of nitrogens with two attached hydrogens (primary N) is 1. The summed E-state index contributed by atoms with van der Waals surface area (Å²) in [6.45, 7) is -0.0987. The third-order valence-corrected chi connectivity index (χ3v) is 0.643. The van der Waals surface area contributed by atoms with E-state index in [9.17, 15) is 4.79 Å². The number of primary amides is 1. The molecule has 5 nitrogen and oxygen atoms in total. The molecule has 0 saturated heterocycles. The van der Waals surface area contributed by atoms with Crippen LogP contribution in [-0.2, 0) is 9.63 Å². The Morgan fingerprint density at radius 3 is 2.82 bits per heavy atom. The van der Waals surface area contributed by atoms with Gasteiger partial charge in [0.25, 0.3) is 5.91 Å². The number of terminal acetylenes is 1. The molecule has 56 valence electrons. The predicted molar refractivity (Wildman–Crippen MR) is 37.0 cm³/mol. The molecule has 0 heterocycles. The summed E-state index contributed by atoms with van der Waals surface area (Å²) in [4.78, 5) is 14.6. The number of amides is 1. The summed E-state index contributed by atoms with van der Waals surface area (Å²) < 4.78 is 0. The number of nitriles is 1. The van der Waals surface area contributed by atoms with Crippen LogP contribution in [0.2, 0.25) is 0 Å². The van der Waals surface area contributed by atoms with Crippen molar-refractivity contribution in [2.24, 2.45) is 10.9 Å². The number of nitrogens with zero attached hydrogens (tertiary/aromatic N) is 2. The lowest BCUT2D eigenvalue weighted by Crippen LogP contribution is -2.21. The highest BCUT2D eigenvalue weighted by Crippen LogP contribution is 1.78. The van der Waals surface area contributed by atoms with Crippen molar-refractivity contribution < 1.29 is 9.63 Å². The van der Waals surface area contributed by atoms with Gasteiger partial charge in [-0.3, -0.25) is 4.79 Å². The fourth-order valence-electron chi connectivity index (χ4n) is 0.255. The van der Waals surface area contributed by atoms with Gasteiger partial charge in [0.2, 0.25) is 5.71 Å². The molecule has 0 fully saturated rings. The maximum atomic E-state index is 10.3. The van der Waals surface area contributed by atoms with Gasteiger partial charge in [0.05, 0.1) is 0 Å². The molecular formula is C6H5N3O2. The third kappa shape index (κ3) is 3.55. The molecule has 0 aliphatic carbocycles. The Morgan fingerprint density at radius 2 is 2.45 bits per heavy atom. The highest BCUT2D eigenvalue weighted by molar-refractivity contribution is 6.44. The van der Waals surface area contributed by atoms with Crippen LogP contribution in [0.5, 0.6) is 0 Å². The SMILES string of the molecule is C#CCON=C(C#N)C(N)=O. The number of rotatable bonds is 3. The average Bonchev–Trinajstić information content (AvgIpc) is 1.97. The van der Waals surface area contributed by atoms with Crippen molar-refractivity contribution in [2.75, 3.05) is 6.61 Å². The van der Waals surface area contributed by atoms with Gasteiger partial charge in [-0.15, -0.1) is 6.42 Å². The lowest BCUT2D eigenvalue weighted by molar-refractivity contribution is -0.112. The van der Waals surface area contributed by atoms with E-state index in [0.717, 1.165) is 0 Å². The minimum absolute atomic E-state index is 0.0987. The van der Waals surface area contributed by atoms with Gasteiger partial charge in [-0.2, -0.15) is 5.26 Å². The maximum absolute atomic E-state index is 10.3. The Balaban J connectivity index is 4.08. The Kier molecular flexibility index (Phi) is 3.95. The molecule has 0 saturated carbocycles. The molecule has 0 aromatic rings. The van der Waals surface area contributed by atoms with Crippen molar-refractivity contribution in [1.82, 2.24) is 0 Å². The second-order valence-corrected chi connectivity index (χ2v) is 1.39. The summed E-state index contributed by atoms with van der Waals surface area (Å²) in [5.41, 5.74) is 4.21. The van der Waals surface area contributed by atoms with Gasteiger partial charge in [-0.25, -0.2) is 0 Å². The van der Waals surface area contributed by atoms with Crippen molar-refractivity contribution in [3.63, 3.8) is 0 Å². The molecule has 0 rings (SSSR count). The van der Waals surface area contributed by atoms with Gasteiger partial charge in [-0.1, -0.05) is 11.1 Å². The van der Waals surface area contributed by atoms with Gasteiger partial charge >= 0.3 is 0 Å². The van der Waals surface area contributed by atoms with Crippen LogP contribution in [0.15, 0.2) is 5.16 Å². The molecule has 0 aromatic heterocycles. The molecule has 0 unspecified atom stereocenters. The van der Waals surface area contributed by atoms with Gasteiger partial charge < -0.3 is 10.6 Å². The normalized spacial score (nSPS) is 9.45. The lowest BCUT2D eigenvalue weighted by Gasteiger charge is -1.90. The lowest BCUT2D eigenvalue weighted by atomic mass is 10.4. The van der Waals surface area contributed by atoms with Crippen molar-refractivity contribution >= 4 is 11.6 Å². The summed E-state index contributed by atoms with van der Waals surface area (Å²) in [6, 6.07) is 1.44. The predicted octanol–water partition coefficient (Wildman–Crippen LogP) is -0.999. The van der Waals surface area contributed by atoms with E-state index >= 15 is 0 Å². The fraction of sp³-hybridized carbons (Fsp3) is 0.167. The highest BCUT2D eigenvalue weighted by atomic mass is 16.6. The molecular weight excluding hydrogens is 146 g/mol. The number of carbonyl (C=O) groups is 1. The standard InChI is InChI=1S/C6H5N3O2/c1-2-3-11-9-5(4-7)6(8)10/h1H,3H2,(H2,8,10). The summed E-state index contributed by atoms with van der Waals surface area (Å²) >= 11 is 0. The summed E-state index contributed by atoms with van der Waals surface area (Å²) in [7, 11) is 0. The molecule has 2 N–H and O–H groups in total. The fourth-order valence-corrected chi connectivity index (χ4v) is 0.255. The second-order valence-electron chi connectivity index (χ2n) is 1.39. The number of hydrogen-bond acceptors (Lipinski definition) is 4. The van der Waals surface area contributed by atoms with Crippen LogP contribution in [0.1, 0.15) is 0 Å². The molecule has 0 aliphatic heterocycles. The Morgan fingerprint density at radius 1 is 1.82 bits per heavy atom. The Labute approximate surface area is 63.4 Å². The smallest absolute Gasteiger partial charge is 0.281 e. The molecule has 0 bridgehead atoms. The van der Waals surface area contributed by atoms with E-state index in [2.05, 4.69) is 15.9 Å². The van der Waals surface area contributed by atoms with Crippen LogP contribution in [0.3, 0.4) is 0 Å². The molecule has 11 heavy (non-hydrogen) atoms. The Hall–Kier alpha value is -2.01. The maximum Gasteiger partial charge on any atom is 0.281 e. The van der Waals surface area contributed by atoms with Crippen LogP contribution >= 0.6 is 0 Å². The van der Waals surface area contributed by atoms with E-state index in [0.29, 0.717) is 0 Å². The zero-order valence-electron chi connectivity index (χ0n) is 5.57. The van der Waals surface area contributed by atoms with E-state index in [1.165, 1.54) is 6.07 Å². The first-order valence-corrected chi connectivity index (χ1v) is 2.55. The second kappa shape index (κ2) is 4.83. The van der Waals surface area contributed by atoms with Gasteiger partial charge in [-0.05, 0) is 0 Å². The quantitative estimate of drug-likeness (QED) is 0.243. The zero-order chi connectivity index (χ0) is 8.69. The van der Waals surface area contributed by atoms with Crippen molar-refractivity contribution in [1.29, 1.82) is 5.26 Å². The van der Waals surface area contributed by atoms with Gasteiger partial charge in [0.1, 0.15) is 6.07 Å². The molecule has 5 heteroatoms. The first-order valence-electron chi connectivity index (χ1n) is 2.55. The summed E-state index contributed by atoms with van der Waals surface area (Å²) in [6.07, 6.45) is 4.79. The van der Waals surface area contributed by atoms with Gasteiger partial charge in [0, 0.05) is 0 Å². The van der Waals surface area contributed by atoms with E-state index in [-0.39, 0.29) is 6.61 Å². The van der Waals surface area contributed by atoms with E-state index in [1.807, 2.05) is 0 Å². The summed E-state index contributed by atoms with van der Waals surface area (Å²) in [5.74, 6) is 1.15. The van der Waals surface area contributed by atoms with Gasteiger partial charge in [0.15, 0.2) is 6.61 Å². The Bertz CT molecular complexity index is 256. The average molecular weight is 151 g/mol. The monoisotopic (exact) mass is 151 g/mol. The molecule has 0 aliphatic rings. The first kappa shape index (κ1) is 8.99. The first-order chi connectivity index (χ1) is 5.22. The largest absolute Gasteiger partial charge is 0.381 e. The highest BCUT2D eigenvalue weighted by Gasteiger charge is 2.04. The van der Waals surface area contributed by atoms with Crippen molar-refractivity contribution in [3.05, 3.63) is 0 Å². The van der Waals surface area contributed by atoms with Crippen LogP contribution in [0, 0.1) is 23.7 Å². The van der Waals surface area contributed by atoms with Crippen LogP contribution in [-0.4, -0.2) is 18.2 Å². The molecule has 1 amide bonds. The van der Waals surface area contributed by atoms with Crippen LogP contribution < -0.4 is 5.73 Å². The zero-order valence-corrected chi connectivity index (χ0v) is 5.57. The van der Waals surface area contributed by atoms with Crippen molar-refractivity contribution in [2.45, 2.75) is 0 Å². The minimum atomic E-state index is -0.940. The van der Waals surface area contributed by atoms with E-state index in [4.69, 9.17) is 17.4 Å². The van der Waals surface area contributed by atoms with E-state index in [1.54, 1.807) is 0 Å². The topological polar surface area (TPSA) is 88.5 Å². The number of hydrogen-bond donors (Lipinski definition) is 1. The van der Waals surface area contributed by atoms with Crippen LogP contribution in [0.25, 0.3) is 0 Å². The third-order valence-electron chi connectivity index (χ3n) is 0.643. The molecule has 0 aromatic carbocycles. The van der Waals surface area contributed by atoms with Crippen molar-refractivity contribution in [3.8, 4) is 18.4 Å². The molecule has 0 spiro atoms. The number of oxime groups is 1. The summed E-state index contributed by atoms with van der Waals surface area (Å²) in [5, 5.41) is 11.3. The van der Waals surface area contributed by atoms with E-state index < -0.39 is 11.6 Å². The molecule has 0 radical (unpaired) electrons. The minimum Gasteiger partial charge on any atom is -0.381 e. The number of carbonyl (C=O) groups excluding carboxylic acids is 1.